The number of benzene rings is 3. The molecule has 0 unspecified atom stereocenters. The summed E-state index contributed by atoms with van der Waals surface area (Å²) in [5.41, 5.74) is 3.53. The van der Waals surface area contributed by atoms with Crippen molar-refractivity contribution in [1.29, 1.82) is 0 Å². The number of rotatable bonds is 1. The molecule has 0 bridgehead atoms. The lowest BCUT2D eigenvalue weighted by molar-refractivity contribution is 0.315. The van der Waals surface area contributed by atoms with Gasteiger partial charge in [0.15, 0.2) is 0 Å². The molecule has 0 saturated carbocycles. The number of hydrogen-bond acceptors (Lipinski definition) is 4. The van der Waals surface area contributed by atoms with E-state index in [1.807, 2.05) is 36.4 Å². The summed E-state index contributed by atoms with van der Waals surface area (Å²) >= 11 is 0. The lowest BCUT2D eigenvalue weighted by Crippen LogP contribution is -1.81. The van der Waals surface area contributed by atoms with E-state index in [-0.39, 0.29) is 5.75 Å². The van der Waals surface area contributed by atoms with Gasteiger partial charge in [-0.3, -0.25) is 0 Å². The van der Waals surface area contributed by atoms with Crippen LogP contribution in [0, 0.1) is 0 Å². The molecule has 4 rings (SSSR count). The summed E-state index contributed by atoms with van der Waals surface area (Å²) in [5, 5.41) is 19.4. The largest absolute Gasteiger partial charge is 0.508 e. The third-order valence-electron chi connectivity index (χ3n) is 3.42. The van der Waals surface area contributed by atoms with Gasteiger partial charge in [0.2, 0.25) is 0 Å². The smallest absolute Gasteiger partial charge is 0.143 e. The number of hydrogen-bond donors (Lipinski definition) is 1. The van der Waals surface area contributed by atoms with Crippen molar-refractivity contribution < 1.29 is 9.74 Å². The minimum Gasteiger partial charge on any atom is -0.508 e. The van der Waals surface area contributed by atoms with E-state index in [0.717, 1.165) is 32.9 Å². The number of fused-ring (bicyclic) bond motifs is 2. The van der Waals surface area contributed by atoms with Crippen molar-refractivity contribution in [3.63, 3.8) is 0 Å². The zero-order valence-electron chi connectivity index (χ0n) is 10.4. The molecule has 0 aliphatic heterocycles. The van der Waals surface area contributed by atoms with Crippen LogP contribution in [0.4, 0.5) is 0 Å². The van der Waals surface area contributed by atoms with E-state index in [4.69, 9.17) is 4.63 Å². The first-order valence-electron chi connectivity index (χ1n) is 6.26. The average molecular weight is 262 g/mol. The normalized spacial score (nSPS) is 11.2. The van der Waals surface area contributed by atoms with Crippen molar-refractivity contribution in [2.75, 3.05) is 0 Å². The first kappa shape index (κ1) is 11.0. The van der Waals surface area contributed by atoms with Gasteiger partial charge in [-0.2, -0.15) is 0 Å². The molecule has 96 valence electrons. The maximum absolute atomic E-state index is 9.50. The number of nitrogens with zero attached hydrogens (tertiary/aromatic N) is 2. The predicted octanol–water partition coefficient (Wildman–Crippen LogP) is 3.75. The van der Waals surface area contributed by atoms with Crippen LogP contribution >= 0.6 is 0 Å². The summed E-state index contributed by atoms with van der Waals surface area (Å²) in [6.07, 6.45) is 0. The monoisotopic (exact) mass is 262 g/mol. The second-order valence-corrected chi connectivity index (χ2v) is 4.68. The van der Waals surface area contributed by atoms with Crippen LogP contribution in [-0.2, 0) is 0 Å². The zero-order valence-corrected chi connectivity index (χ0v) is 10.4. The molecule has 0 saturated heterocycles. The summed E-state index contributed by atoms with van der Waals surface area (Å²) in [7, 11) is 0. The second-order valence-electron chi connectivity index (χ2n) is 4.68. The summed E-state index contributed by atoms with van der Waals surface area (Å²) in [5.74, 6) is 0.271. The molecule has 1 aromatic heterocycles. The number of phenolic OH excluding ortho intramolecular Hbond substituents is 1. The SMILES string of the molecule is Oc1ccc2cc(-c3cccc4nonc34)ccc2c1. The average Bonchev–Trinajstić information content (AvgIpc) is 2.95. The lowest BCUT2D eigenvalue weighted by Gasteiger charge is -2.04. The highest BCUT2D eigenvalue weighted by molar-refractivity contribution is 5.95. The Morgan fingerprint density at radius 3 is 2.65 bits per heavy atom. The maximum Gasteiger partial charge on any atom is 0.143 e. The van der Waals surface area contributed by atoms with Gasteiger partial charge in [-0.25, -0.2) is 4.63 Å². The summed E-state index contributed by atoms with van der Waals surface area (Å²) in [6.45, 7) is 0. The Morgan fingerprint density at radius 2 is 1.70 bits per heavy atom. The fraction of sp³-hybridized carbons (Fsp3) is 0. The third-order valence-corrected chi connectivity index (χ3v) is 3.42. The Balaban J connectivity index is 1.98. The Morgan fingerprint density at radius 1 is 0.850 bits per heavy atom. The first-order chi connectivity index (χ1) is 9.81. The van der Waals surface area contributed by atoms with Crippen molar-refractivity contribution in [3.05, 3.63) is 54.6 Å². The second kappa shape index (κ2) is 4.06. The van der Waals surface area contributed by atoms with Crippen molar-refractivity contribution in [2.24, 2.45) is 0 Å². The predicted molar refractivity (Wildman–Crippen MR) is 76.4 cm³/mol. The summed E-state index contributed by atoms with van der Waals surface area (Å²) in [4.78, 5) is 0. The van der Waals surface area contributed by atoms with Crippen LogP contribution in [0.2, 0.25) is 0 Å². The number of aromatic hydroxyl groups is 1. The van der Waals surface area contributed by atoms with Gasteiger partial charge in [-0.15, -0.1) is 0 Å². The van der Waals surface area contributed by atoms with E-state index < -0.39 is 0 Å². The lowest BCUT2D eigenvalue weighted by atomic mass is 10.00. The van der Waals surface area contributed by atoms with E-state index in [1.165, 1.54) is 0 Å². The van der Waals surface area contributed by atoms with Crippen molar-refractivity contribution >= 4 is 21.8 Å². The molecule has 0 aliphatic carbocycles. The molecule has 0 amide bonds. The summed E-state index contributed by atoms with van der Waals surface area (Å²) < 4.78 is 4.80. The van der Waals surface area contributed by atoms with Crippen LogP contribution in [0.5, 0.6) is 5.75 Å². The molecule has 4 heteroatoms. The maximum atomic E-state index is 9.50. The molecular weight excluding hydrogens is 252 g/mol. The van der Waals surface area contributed by atoms with Gasteiger partial charge in [-0.1, -0.05) is 30.3 Å². The molecule has 4 aromatic rings. The van der Waals surface area contributed by atoms with Crippen LogP contribution in [-0.4, -0.2) is 15.4 Å². The fourth-order valence-corrected chi connectivity index (χ4v) is 2.44. The van der Waals surface area contributed by atoms with Crippen LogP contribution in [0.1, 0.15) is 0 Å². The Hall–Kier alpha value is -2.88. The van der Waals surface area contributed by atoms with Gasteiger partial charge in [0.25, 0.3) is 0 Å². The van der Waals surface area contributed by atoms with Gasteiger partial charge < -0.3 is 5.11 Å². The van der Waals surface area contributed by atoms with Gasteiger partial charge in [0, 0.05) is 5.56 Å². The third kappa shape index (κ3) is 1.62. The molecular formula is C16H10N2O2. The molecule has 0 radical (unpaired) electrons. The van der Waals surface area contributed by atoms with E-state index in [1.54, 1.807) is 12.1 Å². The molecule has 0 fully saturated rings. The molecule has 0 atom stereocenters. The van der Waals surface area contributed by atoms with Crippen LogP contribution < -0.4 is 0 Å². The highest BCUT2D eigenvalue weighted by Crippen LogP contribution is 2.30. The number of aromatic nitrogens is 2. The Labute approximate surface area is 114 Å². The Bertz CT molecular complexity index is 928. The van der Waals surface area contributed by atoms with E-state index >= 15 is 0 Å². The van der Waals surface area contributed by atoms with Crippen LogP contribution in [0.15, 0.2) is 59.2 Å². The standard InChI is InChI=1S/C16H10N2O2/c19-13-7-6-10-8-12(5-4-11(10)9-13)14-2-1-3-15-16(14)18-20-17-15/h1-9,19H. The van der Waals surface area contributed by atoms with Crippen molar-refractivity contribution in [1.82, 2.24) is 10.3 Å². The molecule has 4 nitrogen and oxygen atoms in total. The topological polar surface area (TPSA) is 59.2 Å². The van der Waals surface area contributed by atoms with Gasteiger partial charge in [-0.05, 0) is 50.9 Å². The zero-order chi connectivity index (χ0) is 13.5. The molecule has 1 heterocycles. The minimum atomic E-state index is 0.271. The van der Waals surface area contributed by atoms with Gasteiger partial charge >= 0.3 is 0 Å². The molecule has 0 spiro atoms. The molecule has 1 N–H and O–H groups in total. The molecule has 20 heavy (non-hydrogen) atoms. The Kier molecular flexibility index (Phi) is 2.23. The van der Waals surface area contributed by atoms with Gasteiger partial charge in [0.1, 0.15) is 16.8 Å². The first-order valence-corrected chi connectivity index (χ1v) is 6.26. The van der Waals surface area contributed by atoms with E-state index in [0.29, 0.717) is 0 Å². The van der Waals surface area contributed by atoms with Crippen molar-refractivity contribution in [3.8, 4) is 16.9 Å². The van der Waals surface area contributed by atoms with Gasteiger partial charge in [0.05, 0.1) is 0 Å². The van der Waals surface area contributed by atoms with E-state index in [2.05, 4.69) is 16.4 Å². The molecule has 0 aliphatic rings. The van der Waals surface area contributed by atoms with Crippen molar-refractivity contribution in [2.45, 2.75) is 0 Å². The highest BCUT2D eigenvalue weighted by Gasteiger charge is 2.08. The number of phenols is 1. The summed E-state index contributed by atoms with van der Waals surface area (Å²) in [6, 6.07) is 17.2. The highest BCUT2D eigenvalue weighted by atomic mass is 16.6. The van der Waals surface area contributed by atoms with Crippen LogP contribution in [0.3, 0.4) is 0 Å². The quantitative estimate of drug-likeness (QED) is 0.567. The van der Waals surface area contributed by atoms with E-state index in [9.17, 15) is 5.11 Å². The minimum absolute atomic E-state index is 0.271. The fourth-order valence-electron chi connectivity index (χ4n) is 2.44. The van der Waals surface area contributed by atoms with Crippen LogP contribution in [0.25, 0.3) is 32.9 Å². The molecule has 3 aromatic carbocycles.